The van der Waals surface area contributed by atoms with Gasteiger partial charge in [-0.25, -0.2) is 4.98 Å². The Kier molecular flexibility index (Phi) is 9.41. The van der Waals surface area contributed by atoms with Gasteiger partial charge in [0.05, 0.1) is 30.3 Å². The SMILES string of the molecule is COC(=O)CC1(CS[C@@H](CCc2ccccc2C(C)(C)O)c2cccc(C=Cc3ccc4ccc(Cl)cc4n3)c2)CC1. The van der Waals surface area contributed by atoms with E-state index >= 15 is 0 Å². The van der Waals surface area contributed by atoms with E-state index in [-0.39, 0.29) is 16.6 Å². The quantitative estimate of drug-likeness (QED) is 0.165. The van der Waals surface area contributed by atoms with Crippen LogP contribution in [0.4, 0.5) is 0 Å². The molecule has 4 nitrogen and oxygen atoms in total. The highest BCUT2D eigenvalue weighted by Crippen LogP contribution is 2.53. The Morgan fingerprint density at radius 1 is 1.07 bits per heavy atom. The molecule has 0 aliphatic heterocycles. The summed E-state index contributed by atoms with van der Waals surface area (Å²) in [5.41, 5.74) is 5.41. The van der Waals surface area contributed by atoms with Gasteiger partial charge >= 0.3 is 5.97 Å². The largest absolute Gasteiger partial charge is 0.469 e. The van der Waals surface area contributed by atoms with Gasteiger partial charge in [-0.3, -0.25) is 4.79 Å². The summed E-state index contributed by atoms with van der Waals surface area (Å²) < 4.78 is 4.99. The highest BCUT2D eigenvalue weighted by Gasteiger charge is 2.45. The second kappa shape index (κ2) is 13.0. The van der Waals surface area contributed by atoms with Crippen LogP contribution in [0.3, 0.4) is 0 Å². The topological polar surface area (TPSA) is 59.4 Å². The van der Waals surface area contributed by atoms with Crippen LogP contribution in [0.15, 0.2) is 78.9 Å². The van der Waals surface area contributed by atoms with E-state index in [1.165, 1.54) is 18.2 Å². The fraction of sp³-hybridized carbons (Fsp3) is 0.333. The lowest BCUT2D eigenvalue weighted by atomic mass is 9.90. The van der Waals surface area contributed by atoms with Crippen molar-refractivity contribution in [3.8, 4) is 0 Å². The van der Waals surface area contributed by atoms with Gasteiger partial charge < -0.3 is 9.84 Å². The van der Waals surface area contributed by atoms with E-state index in [9.17, 15) is 9.90 Å². The molecule has 4 aromatic rings. The number of aryl methyl sites for hydroxylation is 1. The summed E-state index contributed by atoms with van der Waals surface area (Å²) in [4.78, 5) is 16.8. The molecule has 1 N–H and O–H groups in total. The lowest BCUT2D eigenvalue weighted by Gasteiger charge is -2.24. The normalized spacial score (nSPS) is 15.2. The monoisotopic (exact) mass is 599 g/mol. The van der Waals surface area contributed by atoms with Crippen LogP contribution in [-0.4, -0.2) is 28.9 Å². The average molecular weight is 600 g/mol. The van der Waals surface area contributed by atoms with Gasteiger partial charge in [-0.2, -0.15) is 11.8 Å². The van der Waals surface area contributed by atoms with Crippen molar-refractivity contribution in [1.82, 2.24) is 4.98 Å². The molecule has 42 heavy (non-hydrogen) atoms. The number of carbonyl (C=O) groups is 1. The molecule has 5 rings (SSSR count). The minimum Gasteiger partial charge on any atom is -0.469 e. The molecule has 1 fully saturated rings. The van der Waals surface area contributed by atoms with E-state index in [1.807, 2.05) is 74.1 Å². The van der Waals surface area contributed by atoms with E-state index < -0.39 is 5.60 Å². The fourth-order valence-electron chi connectivity index (χ4n) is 5.42. The van der Waals surface area contributed by atoms with Crippen LogP contribution in [0, 0.1) is 5.41 Å². The number of hydrogen-bond acceptors (Lipinski definition) is 5. The number of ether oxygens (including phenoxy) is 1. The van der Waals surface area contributed by atoms with Crippen LogP contribution in [-0.2, 0) is 21.6 Å². The van der Waals surface area contributed by atoms with E-state index in [2.05, 4.69) is 42.5 Å². The van der Waals surface area contributed by atoms with Crippen molar-refractivity contribution in [3.05, 3.63) is 112 Å². The number of halogens is 1. The maximum atomic E-state index is 12.1. The summed E-state index contributed by atoms with van der Waals surface area (Å²) in [5, 5.41) is 12.7. The van der Waals surface area contributed by atoms with Gasteiger partial charge in [0, 0.05) is 21.4 Å². The summed E-state index contributed by atoms with van der Waals surface area (Å²) >= 11 is 8.12. The molecule has 3 aromatic carbocycles. The standard InChI is InChI=1S/C36H38ClNO3S/c1-35(2,40)31-10-5-4-8-26(31)14-18-33(42-24-36(19-20-36)23-34(39)41-3)28-9-6-7-25(21-28)11-16-30-17-13-27-12-15-29(37)22-32(27)38-30/h4-13,15-17,21-22,33,40H,14,18-20,23-24H2,1-3H3/t33-/m0/s1. The average Bonchev–Trinajstić information content (AvgIpc) is 3.74. The van der Waals surface area contributed by atoms with Crippen LogP contribution in [0.5, 0.6) is 0 Å². The van der Waals surface area contributed by atoms with Gasteiger partial charge in [-0.15, -0.1) is 0 Å². The van der Waals surface area contributed by atoms with Crippen molar-refractivity contribution in [3.63, 3.8) is 0 Å². The second-order valence-electron chi connectivity index (χ2n) is 11.9. The third-order valence-corrected chi connectivity index (χ3v) is 9.98. The van der Waals surface area contributed by atoms with E-state index in [4.69, 9.17) is 21.3 Å². The number of rotatable bonds is 12. The Morgan fingerprint density at radius 2 is 1.86 bits per heavy atom. The number of methoxy groups -OCH3 is 1. The number of thioether (sulfide) groups is 1. The zero-order valence-corrected chi connectivity index (χ0v) is 26.0. The van der Waals surface area contributed by atoms with Crippen molar-refractivity contribution >= 4 is 52.4 Å². The predicted molar refractivity (Wildman–Crippen MR) is 176 cm³/mol. The van der Waals surface area contributed by atoms with Gasteiger partial charge in [0.1, 0.15) is 0 Å². The first kappa shape index (κ1) is 30.3. The van der Waals surface area contributed by atoms with Gasteiger partial charge in [-0.1, -0.05) is 78.3 Å². The third-order valence-electron chi connectivity index (χ3n) is 8.05. The molecular weight excluding hydrogens is 562 g/mol. The molecule has 1 heterocycles. The molecule has 1 atom stereocenters. The number of fused-ring (bicyclic) bond motifs is 1. The number of aromatic nitrogens is 1. The van der Waals surface area contributed by atoms with Crippen molar-refractivity contribution in [1.29, 1.82) is 0 Å². The molecule has 0 bridgehead atoms. The molecule has 1 aromatic heterocycles. The number of benzene rings is 3. The van der Waals surface area contributed by atoms with E-state index in [0.29, 0.717) is 11.4 Å². The van der Waals surface area contributed by atoms with Crippen molar-refractivity contribution in [2.24, 2.45) is 5.41 Å². The third kappa shape index (κ3) is 7.83. The van der Waals surface area contributed by atoms with Crippen LogP contribution >= 0.6 is 23.4 Å². The fourth-order valence-corrected chi connectivity index (χ4v) is 7.15. The van der Waals surface area contributed by atoms with Crippen LogP contribution in [0.2, 0.25) is 5.02 Å². The summed E-state index contributed by atoms with van der Waals surface area (Å²) in [6.45, 7) is 3.69. The number of aliphatic hydroxyl groups is 1. The highest BCUT2D eigenvalue weighted by atomic mass is 35.5. The van der Waals surface area contributed by atoms with Crippen molar-refractivity contribution in [2.45, 2.75) is 56.8 Å². The lowest BCUT2D eigenvalue weighted by Crippen LogP contribution is -2.18. The highest BCUT2D eigenvalue weighted by molar-refractivity contribution is 7.99. The summed E-state index contributed by atoms with van der Waals surface area (Å²) in [7, 11) is 1.47. The predicted octanol–water partition coefficient (Wildman–Crippen LogP) is 9.04. The van der Waals surface area contributed by atoms with Gasteiger partial charge in [0.15, 0.2) is 0 Å². The number of carbonyl (C=O) groups excluding carboxylic acids is 1. The molecular formula is C36H38ClNO3S. The first-order valence-electron chi connectivity index (χ1n) is 14.5. The summed E-state index contributed by atoms with van der Waals surface area (Å²) in [6, 6.07) is 26.7. The van der Waals surface area contributed by atoms with Gasteiger partial charge in [0.2, 0.25) is 0 Å². The molecule has 0 amide bonds. The minimum atomic E-state index is -0.898. The molecule has 6 heteroatoms. The maximum Gasteiger partial charge on any atom is 0.306 e. The van der Waals surface area contributed by atoms with Crippen LogP contribution < -0.4 is 0 Å². The van der Waals surface area contributed by atoms with Crippen LogP contribution in [0.1, 0.15) is 72.7 Å². The second-order valence-corrected chi connectivity index (χ2v) is 13.5. The van der Waals surface area contributed by atoms with E-state index in [0.717, 1.165) is 59.2 Å². The number of hydrogen-bond donors (Lipinski definition) is 1. The Morgan fingerprint density at radius 3 is 2.62 bits per heavy atom. The number of esters is 1. The van der Waals surface area contributed by atoms with Gasteiger partial charge in [0.25, 0.3) is 0 Å². The molecule has 0 unspecified atom stereocenters. The van der Waals surface area contributed by atoms with Gasteiger partial charge in [-0.05, 0) is 91.5 Å². The number of pyridine rings is 1. The molecule has 0 spiro atoms. The Labute approximate surface area is 258 Å². The van der Waals surface area contributed by atoms with E-state index in [1.54, 1.807) is 0 Å². The van der Waals surface area contributed by atoms with Crippen molar-refractivity contribution < 1.29 is 14.6 Å². The zero-order valence-electron chi connectivity index (χ0n) is 24.5. The maximum absolute atomic E-state index is 12.1. The summed E-state index contributed by atoms with van der Waals surface area (Å²) in [5.74, 6) is 0.796. The molecule has 0 saturated heterocycles. The first-order valence-corrected chi connectivity index (χ1v) is 15.9. The van der Waals surface area contributed by atoms with Crippen LogP contribution in [0.25, 0.3) is 23.1 Å². The Hall–Kier alpha value is -3.12. The molecule has 1 aliphatic carbocycles. The minimum absolute atomic E-state index is 0.0448. The number of nitrogens with zero attached hydrogens (tertiary/aromatic N) is 1. The Balaban J connectivity index is 1.37. The molecule has 0 radical (unpaired) electrons. The molecule has 218 valence electrons. The summed E-state index contributed by atoms with van der Waals surface area (Å²) in [6.07, 6.45) is 8.53. The Bertz CT molecular complexity index is 1590. The zero-order chi connectivity index (χ0) is 29.7. The smallest absolute Gasteiger partial charge is 0.306 e. The molecule has 1 saturated carbocycles. The first-order chi connectivity index (χ1) is 20.1. The molecule has 1 aliphatic rings. The lowest BCUT2D eigenvalue weighted by molar-refractivity contribution is -0.141. The van der Waals surface area contributed by atoms with Crippen molar-refractivity contribution in [2.75, 3.05) is 12.9 Å².